The summed E-state index contributed by atoms with van der Waals surface area (Å²) in [7, 11) is -1.96. The van der Waals surface area contributed by atoms with Crippen LogP contribution in [0.2, 0.25) is 19.6 Å². The van der Waals surface area contributed by atoms with Gasteiger partial charge in [0.2, 0.25) is 0 Å². The number of hydrogen-bond acceptors (Lipinski definition) is 5. The van der Waals surface area contributed by atoms with Gasteiger partial charge < -0.3 is 13.9 Å². The molecule has 0 aliphatic heterocycles. The van der Waals surface area contributed by atoms with Crippen molar-refractivity contribution in [1.82, 2.24) is 0 Å². The van der Waals surface area contributed by atoms with Gasteiger partial charge in [-0.3, -0.25) is 4.79 Å². The summed E-state index contributed by atoms with van der Waals surface area (Å²) in [5.41, 5.74) is 0. The van der Waals surface area contributed by atoms with Crippen molar-refractivity contribution in [2.75, 3.05) is 13.2 Å². The third-order valence-electron chi connectivity index (χ3n) is 1.98. The molecule has 0 aromatic heterocycles. The molecule has 20 heavy (non-hydrogen) atoms. The second kappa shape index (κ2) is 9.19. The number of carbonyl (C=O) groups is 2. The van der Waals surface area contributed by atoms with Crippen molar-refractivity contribution in [2.24, 2.45) is 0 Å². The minimum Gasteiger partial charge on any atom is -0.452 e. The van der Waals surface area contributed by atoms with Crippen LogP contribution >= 0.6 is 0 Å². The molecule has 0 amide bonds. The minimum atomic E-state index is -1.96. The summed E-state index contributed by atoms with van der Waals surface area (Å²) < 4.78 is 15.3. The smallest absolute Gasteiger partial charge is 0.334 e. The van der Waals surface area contributed by atoms with Crippen LogP contribution in [0.4, 0.5) is 0 Å². The second-order valence-electron chi connectivity index (χ2n) is 4.93. The molecule has 1 atom stereocenters. The number of esters is 2. The summed E-state index contributed by atoms with van der Waals surface area (Å²) in [4.78, 5) is 23.2. The Morgan fingerprint density at radius 2 is 1.65 bits per heavy atom. The van der Waals surface area contributed by atoms with Gasteiger partial charge in [0.15, 0.2) is 21.5 Å². The van der Waals surface area contributed by atoms with Crippen LogP contribution in [0.15, 0.2) is 0 Å². The molecule has 0 aliphatic carbocycles. The van der Waals surface area contributed by atoms with Crippen molar-refractivity contribution in [1.29, 1.82) is 0 Å². The number of hydrogen-bond donors (Lipinski definition) is 0. The molecule has 0 aromatic carbocycles. The third kappa shape index (κ3) is 9.20. The van der Waals surface area contributed by atoms with Crippen LogP contribution in [0.1, 0.15) is 12.8 Å². The van der Waals surface area contributed by atoms with Gasteiger partial charge in [-0.1, -0.05) is 11.8 Å². The molecule has 0 rings (SSSR count). The van der Waals surface area contributed by atoms with Crippen LogP contribution in [0.5, 0.6) is 0 Å². The SMILES string of the molecule is C#CCOC(=O)CCC(O[Si](C)(C)C)C(=O)OCC#C. The Morgan fingerprint density at radius 3 is 2.15 bits per heavy atom. The first-order valence-corrected chi connectivity index (χ1v) is 9.58. The van der Waals surface area contributed by atoms with Gasteiger partial charge in [0, 0.05) is 6.42 Å². The standard InChI is InChI=1S/C14H20O5Si/c1-6-10-17-13(15)9-8-12(19-20(3,4)5)14(16)18-11-7-2/h1-2,12H,8-11H2,3-5H3. The Morgan fingerprint density at radius 1 is 1.10 bits per heavy atom. The largest absolute Gasteiger partial charge is 0.452 e. The Balaban J connectivity index is 4.47. The fourth-order valence-electron chi connectivity index (χ4n) is 1.30. The third-order valence-corrected chi connectivity index (χ3v) is 2.98. The van der Waals surface area contributed by atoms with E-state index in [0.29, 0.717) is 0 Å². The van der Waals surface area contributed by atoms with Crippen LogP contribution in [-0.4, -0.2) is 39.6 Å². The maximum absolute atomic E-state index is 11.8. The maximum atomic E-state index is 11.8. The molecule has 0 fully saturated rings. The fourth-order valence-corrected chi connectivity index (χ4v) is 2.37. The zero-order chi connectivity index (χ0) is 15.6. The molecule has 0 spiro atoms. The van der Waals surface area contributed by atoms with Gasteiger partial charge in [-0.15, -0.1) is 12.8 Å². The van der Waals surface area contributed by atoms with Crippen LogP contribution in [0, 0.1) is 24.7 Å². The Labute approximate surface area is 121 Å². The molecule has 0 aromatic rings. The molecular weight excluding hydrogens is 276 g/mol. The highest BCUT2D eigenvalue weighted by atomic mass is 28.4. The molecule has 0 heterocycles. The van der Waals surface area contributed by atoms with E-state index in [1.807, 2.05) is 19.6 Å². The Bertz CT molecular complexity index is 411. The van der Waals surface area contributed by atoms with Crippen molar-refractivity contribution >= 4 is 20.3 Å². The molecule has 0 aliphatic rings. The molecule has 5 nitrogen and oxygen atoms in total. The highest BCUT2D eigenvalue weighted by molar-refractivity contribution is 6.69. The lowest BCUT2D eigenvalue weighted by atomic mass is 10.2. The van der Waals surface area contributed by atoms with Crippen molar-refractivity contribution < 1.29 is 23.5 Å². The van der Waals surface area contributed by atoms with E-state index in [1.54, 1.807) is 0 Å². The Hall–Kier alpha value is -1.76. The average molecular weight is 296 g/mol. The summed E-state index contributed by atoms with van der Waals surface area (Å²) in [5.74, 6) is 3.37. The lowest BCUT2D eigenvalue weighted by Gasteiger charge is -2.24. The first kappa shape index (κ1) is 18.2. The van der Waals surface area contributed by atoms with E-state index in [2.05, 4.69) is 11.8 Å². The van der Waals surface area contributed by atoms with E-state index in [-0.39, 0.29) is 26.1 Å². The molecule has 1 unspecified atom stereocenters. The molecule has 110 valence electrons. The predicted octanol–water partition coefficient (Wildman–Crippen LogP) is 1.34. The average Bonchev–Trinajstić information content (AvgIpc) is 2.36. The summed E-state index contributed by atoms with van der Waals surface area (Å²) in [5, 5.41) is 0. The van der Waals surface area contributed by atoms with E-state index >= 15 is 0 Å². The van der Waals surface area contributed by atoms with E-state index < -0.39 is 26.4 Å². The minimum absolute atomic E-state index is 0.0297. The molecule has 0 saturated heterocycles. The van der Waals surface area contributed by atoms with Crippen molar-refractivity contribution in [2.45, 2.75) is 38.6 Å². The van der Waals surface area contributed by atoms with Gasteiger partial charge in [0.05, 0.1) is 0 Å². The molecular formula is C14H20O5Si. The van der Waals surface area contributed by atoms with E-state index in [0.717, 1.165) is 0 Å². The molecule has 6 heteroatoms. The van der Waals surface area contributed by atoms with Crippen molar-refractivity contribution in [3.8, 4) is 24.7 Å². The van der Waals surface area contributed by atoms with Gasteiger partial charge >= 0.3 is 11.9 Å². The van der Waals surface area contributed by atoms with Crippen LogP contribution < -0.4 is 0 Å². The lowest BCUT2D eigenvalue weighted by Crippen LogP contribution is -2.38. The van der Waals surface area contributed by atoms with Crippen molar-refractivity contribution in [3.63, 3.8) is 0 Å². The van der Waals surface area contributed by atoms with Gasteiger partial charge in [-0.25, -0.2) is 4.79 Å². The molecule has 0 radical (unpaired) electrons. The molecule has 0 N–H and O–H groups in total. The van der Waals surface area contributed by atoms with Gasteiger partial charge in [0.25, 0.3) is 0 Å². The normalized spacial score (nSPS) is 11.8. The van der Waals surface area contributed by atoms with Gasteiger partial charge in [-0.2, -0.15) is 0 Å². The monoisotopic (exact) mass is 296 g/mol. The van der Waals surface area contributed by atoms with Crippen LogP contribution in [0.25, 0.3) is 0 Å². The topological polar surface area (TPSA) is 61.8 Å². The van der Waals surface area contributed by atoms with Gasteiger partial charge in [0.1, 0.15) is 6.10 Å². The summed E-state index contributed by atoms with van der Waals surface area (Å²) in [6.07, 6.45) is 9.40. The summed E-state index contributed by atoms with van der Waals surface area (Å²) in [6, 6.07) is 0. The second-order valence-corrected chi connectivity index (χ2v) is 9.39. The van der Waals surface area contributed by atoms with Crippen LogP contribution in [0.3, 0.4) is 0 Å². The van der Waals surface area contributed by atoms with E-state index in [1.165, 1.54) is 0 Å². The lowest BCUT2D eigenvalue weighted by molar-refractivity contribution is -0.152. The highest BCUT2D eigenvalue weighted by Gasteiger charge is 2.28. The van der Waals surface area contributed by atoms with Crippen LogP contribution in [-0.2, 0) is 23.5 Å². The molecule has 0 saturated carbocycles. The predicted molar refractivity (Wildman–Crippen MR) is 77.0 cm³/mol. The Kier molecular flexibility index (Phi) is 8.38. The number of rotatable bonds is 8. The van der Waals surface area contributed by atoms with E-state index in [9.17, 15) is 9.59 Å². The van der Waals surface area contributed by atoms with E-state index in [4.69, 9.17) is 26.7 Å². The number of terminal acetylenes is 2. The zero-order valence-electron chi connectivity index (χ0n) is 12.1. The number of ether oxygens (including phenoxy) is 2. The fraction of sp³-hybridized carbons (Fsp3) is 0.571. The zero-order valence-corrected chi connectivity index (χ0v) is 13.1. The molecule has 0 bridgehead atoms. The maximum Gasteiger partial charge on any atom is 0.334 e. The highest BCUT2D eigenvalue weighted by Crippen LogP contribution is 2.13. The number of carbonyl (C=O) groups excluding carboxylic acids is 2. The summed E-state index contributed by atoms with van der Waals surface area (Å²) >= 11 is 0. The first-order chi connectivity index (χ1) is 9.30. The van der Waals surface area contributed by atoms with Crippen molar-refractivity contribution in [3.05, 3.63) is 0 Å². The quantitative estimate of drug-likeness (QED) is 0.384. The van der Waals surface area contributed by atoms with Gasteiger partial charge in [-0.05, 0) is 26.1 Å². The summed E-state index contributed by atoms with van der Waals surface area (Å²) in [6.45, 7) is 5.60. The first-order valence-electron chi connectivity index (χ1n) is 6.17.